The van der Waals surface area contributed by atoms with E-state index in [0.29, 0.717) is 39.2 Å². The molecule has 0 saturated carbocycles. The van der Waals surface area contributed by atoms with Gasteiger partial charge in [0.2, 0.25) is 0 Å². The molecule has 0 aliphatic carbocycles. The van der Waals surface area contributed by atoms with Gasteiger partial charge in [0, 0.05) is 48.2 Å². The van der Waals surface area contributed by atoms with Gasteiger partial charge >= 0.3 is 5.97 Å². The van der Waals surface area contributed by atoms with E-state index < -0.39 is 42.1 Å². The lowest BCUT2D eigenvalue weighted by Crippen LogP contribution is -2.23. The van der Waals surface area contributed by atoms with Crippen molar-refractivity contribution < 1.29 is 38.5 Å². The fourth-order valence-corrected chi connectivity index (χ4v) is 5.67. The van der Waals surface area contributed by atoms with E-state index in [2.05, 4.69) is 5.32 Å². The number of carboxylic acid groups (broad SMARTS) is 1. The van der Waals surface area contributed by atoms with Crippen molar-refractivity contribution in [2.75, 3.05) is 19.4 Å². The standard InChI is InChI=1S/C36H39F2N3O6/c1-21(2)41-30(18-17-28(42)19-29(43)20-31(44)45)32(22-5-11-25(37)12-6-22)33(23-7-13-26(38)14-8-23)34(41)35(46)39-27-15-9-24(10-16-27)36(47)40(3)4/h5-16,21,28-29,42-43H,17-20H2,1-4H3,(H,39,46)(H,44,45). The molecular formula is C36H39F2N3O6. The summed E-state index contributed by atoms with van der Waals surface area (Å²) in [7, 11) is 3.28. The number of carboxylic acids is 1. The number of aliphatic carboxylic acids is 1. The number of carbonyl (C=O) groups excluding carboxylic acids is 2. The fraction of sp³-hybridized carbons (Fsp3) is 0.306. The summed E-state index contributed by atoms with van der Waals surface area (Å²) in [6.07, 6.45) is -2.65. The largest absolute Gasteiger partial charge is 0.481 e. The van der Waals surface area contributed by atoms with Crippen LogP contribution in [-0.2, 0) is 11.2 Å². The third-order valence-corrected chi connectivity index (χ3v) is 7.77. The maximum absolute atomic E-state index is 14.3. The predicted octanol–water partition coefficient (Wildman–Crippen LogP) is 6.15. The molecule has 4 aromatic rings. The van der Waals surface area contributed by atoms with Crippen LogP contribution in [0, 0.1) is 11.6 Å². The molecule has 9 nitrogen and oxygen atoms in total. The van der Waals surface area contributed by atoms with E-state index in [1.54, 1.807) is 62.6 Å². The van der Waals surface area contributed by atoms with E-state index >= 15 is 0 Å². The summed E-state index contributed by atoms with van der Waals surface area (Å²) in [5, 5.41) is 32.8. The topological polar surface area (TPSA) is 132 Å². The van der Waals surface area contributed by atoms with Crippen LogP contribution in [0.4, 0.5) is 14.5 Å². The number of nitrogens with one attached hydrogen (secondary N) is 1. The Bertz CT molecular complexity index is 1720. The number of carbonyl (C=O) groups is 3. The average molecular weight is 648 g/mol. The molecule has 2 amide bonds. The van der Waals surface area contributed by atoms with Crippen molar-refractivity contribution in [1.82, 2.24) is 9.47 Å². The van der Waals surface area contributed by atoms with Gasteiger partial charge in [0.1, 0.15) is 17.3 Å². The first kappa shape index (κ1) is 35.0. The minimum atomic E-state index is -1.24. The van der Waals surface area contributed by atoms with E-state index in [9.17, 15) is 33.4 Å². The van der Waals surface area contributed by atoms with Crippen LogP contribution in [-0.4, -0.2) is 68.9 Å². The van der Waals surface area contributed by atoms with Gasteiger partial charge in [0.25, 0.3) is 11.8 Å². The Labute approximate surface area is 272 Å². The van der Waals surface area contributed by atoms with Crippen LogP contribution in [0.3, 0.4) is 0 Å². The fourth-order valence-electron chi connectivity index (χ4n) is 5.67. The number of halogens is 2. The van der Waals surface area contributed by atoms with Crippen molar-refractivity contribution in [2.24, 2.45) is 0 Å². The minimum Gasteiger partial charge on any atom is -0.481 e. The zero-order valence-electron chi connectivity index (χ0n) is 26.7. The molecule has 2 unspecified atom stereocenters. The number of benzene rings is 3. The first-order valence-corrected chi connectivity index (χ1v) is 15.3. The van der Waals surface area contributed by atoms with Gasteiger partial charge in [0.05, 0.1) is 18.6 Å². The van der Waals surface area contributed by atoms with Gasteiger partial charge in [-0.3, -0.25) is 14.4 Å². The number of amides is 2. The van der Waals surface area contributed by atoms with E-state index in [0.717, 1.165) is 0 Å². The normalized spacial score (nSPS) is 12.5. The number of hydrogen-bond acceptors (Lipinski definition) is 5. The average Bonchev–Trinajstić information content (AvgIpc) is 3.36. The lowest BCUT2D eigenvalue weighted by atomic mass is 9.92. The van der Waals surface area contributed by atoms with Gasteiger partial charge in [-0.25, -0.2) is 8.78 Å². The van der Waals surface area contributed by atoms with Crippen LogP contribution in [0.15, 0.2) is 72.8 Å². The van der Waals surface area contributed by atoms with E-state index in [1.807, 2.05) is 18.4 Å². The zero-order valence-corrected chi connectivity index (χ0v) is 26.7. The Morgan fingerprint density at radius 1 is 0.809 bits per heavy atom. The third-order valence-electron chi connectivity index (χ3n) is 7.77. The highest BCUT2D eigenvalue weighted by molar-refractivity contribution is 6.11. The highest BCUT2D eigenvalue weighted by atomic mass is 19.1. The molecule has 1 heterocycles. The molecule has 0 aliphatic rings. The molecule has 3 aromatic carbocycles. The molecule has 4 rings (SSSR count). The van der Waals surface area contributed by atoms with Crippen molar-refractivity contribution in [3.63, 3.8) is 0 Å². The zero-order chi connectivity index (χ0) is 34.4. The second-order valence-corrected chi connectivity index (χ2v) is 11.9. The summed E-state index contributed by atoms with van der Waals surface area (Å²) >= 11 is 0. The van der Waals surface area contributed by atoms with Crippen LogP contribution >= 0.6 is 0 Å². The predicted molar refractivity (Wildman–Crippen MR) is 175 cm³/mol. The Hall–Kier alpha value is -4.87. The number of rotatable bonds is 13. The first-order valence-electron chi connectivity index (χ1n) is 15.3. The van der Waals surface area contributed by atoms with Gasteiger partial charge in [-0.2, -0.15) is 0 Å². The number of aromatic nitrogens is 1. The van der Waals surface area contributed by atoms with Crippen LogP contribution in [0.2, 0.25) is 0 Å². The van der Waals surface area contributed by atoms with Crippen LogP contribution in [0.25, 0.3) is 22.3 Å². The molecule has 0 aliphatic heterocycles. The molecule has 11 heteroatoms. The Balaban J connectivity index is 1.88. The number of nitrogens with zero attached hydrogens (tertiary/aromatic N) is 2. The number of aliphatic hydroxyl groups excluding tert-OH is 2. The van der Waals surface area contributed by atoms with Gasteiger partial charge in [-0.05, 0) is 92.8 Å². The number of anilines is 1. The number of aliphatic hydroxyl groups is 2. The van der Waals surface area contributed by atoms with Crippen molar-refractivity contribution in [3.05, 3.63) is 101 Å². The van der Waals surface area contributed by atoms with Crippen LogP contribution in [0.1, 0.15) is 65.7 Å². The van der Waals surface area contributed by atoms with Gasteiger partial charge < -0.3 is 30.1 Å². The van der Waals surface area contributed by atoms with Crippen LogP contribution < -0.4 is 5.32 Å². The van der Waals surface area contributed by atoms with Crippen molar-refractivity contribution in [2.45, 2.75) is 57.8 Å². The van der Waals surface area contributed by atoms with Gasteiger partial charge in [-0.1, -0.05) is 24.3 Å². The second kappa shape index (κ2) is 15.1. The van der Waals surface area contributed by atoms with Gasteiger partial charge in [0.15, 0.2) is 0 Å². The summed E-state index contributed by atoms with van der Waals surface area (Å²) < 4.78 is 30.1. The smallest absolute Gasteiger partial charge is 0.305 e. The summed E-state index contributed by atoms with van der Waals surface area (Å²) in [6, 6.07) is 17.6. The molecule has 0 bridgehead atoms. The van der Waals surface area contributed by atoms with Crippen LogP contribution in [0.5, 0.6) is 0 Å². The summed E-state index contributed by atoms with van der Waals surface area (Å²) in [6.45, 7) is 3.77. The molecular weight excluding hydrogens is 608 g/mol. The summed E-state index contributed by atoms with van der Waals surface area (Å²) in [5.74, 6) is -2.80. The molecule has 0 spiro atoms. The Morgan fingerprint density at radius 3 is 1.83 bits per heavy atom. The lowest BCUT2D eigenvalue weighted by Gasteiger charge is -2.20. The third kappa shape index (κ3) is 8.49. The summed E-state index contributed by atoms with van der Waals surface area (Å²) in [4.78, 5) is 39.1. The molecule has 4 N–H and O–H groups in total. The van der Waals surface area contributed by atoms with Crippen molar-refractivity contribution in [3.8, 4) is 22.3 Å². The molecule has 2 atom stereocenters. The van der Waals surface area contributed by atoms with E-state index in [4.69, 9.17) is 5.11 Å². The first-order chi connectivity index (χ1) is 22.3. The highest BCUT2D eigenvalue weighted by Gasteiger charge is 2.31. The molecule has 0 saturated heterocycles. The van der Waals surface area contributed by atoms with Gasteiger partial charge in [-0.15, -0.1) is 0 Å². The Kier molecular flexibility index (Phi) is 11.3. The Morgan fingerprint density at radius 2 is 1.34 bits per heavy atom. The maximum Gasteiger partial charge on any atom is 0.305 e. The van der Waals surface area contributed by atoms with E-state index in [1.165, 1.54) is 29.2 Å². The quantitative estimate of drug-likeness (QED) is 0.138. The van der Waals surface area contributed by atoms with Crippen molar-refractivity contribution >= 4 is 23.5 Å². The van der Waals surface area contributed by atoms with Crippen molar-refractivity contribution in [1.29, 1.82) is 0 Å². The molecule has 1 aromatic heterocycles. The SMILES string of the molecule is CC(C)n1c(CCC(O)CC(O)CC(=O)O)c(-c2ccc(F)cc2)c(-c2ccc(F)cc2)c1C(=O)Nc1ccc(C(=O)N(C)C)cc1. The summed E-state index contributed by atoms with van der Waals surface area (Å²) in [5.41, 5.74) is 3.92. The number of hydrogen-bond donors (Lipinski definition) is 4. The molecule has 248 valence electrons. The molecule has 0 fully saturated rings. The monoisotopic (exact) mass is 647 g/mol. The maximum atomic E-state index is 14.3. The lowest BCUT2D eigenvalue weighted by molar-refractivity contribution is -0.139. The second-order valence-electron chi connectivity index (χ2n) is 11.9. The molecule has 47 heavy (non-hydrogen) atoms. The van der Waals surface area contributed by atoms with E-state index in [-0.39, 0.29) is 36.9 Å². The minimum absolute atomic E-state index is 0.118. The highest BCUT2D eigenvalue weighted by Crippen LogP contribution is 2.43. The molecule has 0 radical (unpaired) electrons.